The molecule has 0 radical (unpaired) electrons. The van der Waals surface area contributed by atoms with Gasteiger partial charge in [0.25, 0.3) is 11.6 Å². The minimum atomic E-state index is -0.484. The molecule has 0 saturated heterocycles. The zero-order chi connectivity index (χ0) is 14.7. The molecule has 20 heavy (non-hydrogen) atoms. The number of hydrogen-bond acceptors (Lipinski definition) is 4. The first kappa shape index (κ1) is 14.5. The number of non-ortho nitro benzene ring substituents is 1. The number of carbonyl (C=O) groups excluding carboxylic acids is 1. The van der Waals surface area contributed by atoms with Crippen LogP contribution in [0.4, 0.5) is 5.69 Å². The van der Waals surface area contributed by atoms with E-state index in [1.807, 2.05) is 0 Å². The van der Waals surface area contributed by atoms with Gasteiger partial charge in [0.05, 0.1) is 4.92 Å². The molecular formula is C14H19N3O3. The third-order valence-corrected chi connectivity index (χ3v) is 3.81. The standard InChI is InChI=1S/C14H19N3O3/c1-9-5-11(7-12(6-9)17(19)20)14(18)16-13-4-2-3-10(13)8-15/h5-7,10,13H,2-4,8,15H2,1H3,(H,16,18). The van der Waals surface area contributed by atoms with Crippen LogP contribution in [0.5, 0.6) is 0 Å². The summed E-state index contributed by atoms with van der Waals surface area (Å²) in [6.07, 6.45) is 3.00. The third kappa shape index (κ3) is 3.14. The number of amides is 1. The molecule has 2 rings (SSSR count). The van der Waals surface area contributed by atoms with E-state index >= 15 is 0 Å². The fraction of sp³-hybridized carbons (Fsp3) is 0.500. The monoisotopic (exact) mass is 277 g/mol. The Morgan fingerprint density at radius 2 is 2.20 bits per heavy atom. The lowest BCUT2D eigenvalue weighted by atomic mass is 10.0. The van der Waals surface area contributed by atoms with Gasteiger partial charge in [-0.1, -0.05) is 6.42 Å². The maximum absolute atomic E-state index is 12.2. The fourth-order valence-electron chi connectivity index (χ4n) is 2.76. The molecule has 0 aromatic heterocycles. The van der Waals surface area contributed by atoms with E-state index in [2.05, 4.69) is 5.32 Å². The van der Waals surface area contributed by atoms with Gasteiger partial charge in [-0.2, -0.15) is 0 Å². The van der Waals surface area contributed by atoms with Crippen molar-refractivity contribution in [1.82, 2.24) is 5.32 Å². The molecule has 3 N–H and O–H groups in total. The van der Waals surface area contributed by atoms with Crippen LogP contribution >= 0.6 is 0 Å². The maximum atomic E-state index is 12.2. The highest BCUT2D eigenvalue weighted by Crippen LogP contribution is 2.25. The van der Waals surface area contributed by atoms with Crippen molar-refractivity contribution in [2.24, 2.45) is 11.7 Å². The lowest BCUT2D eigenvalue weighted by Gasteiger charge is -2.19. The highest BCUT2D eigenvalue weighted by Gasteiger charge is 2.28. The fourth-order valence-corrected chi connectivity index (χ4v) is 2.76. The number of nitrogens with zero attached hydrogens (tertiary/aromatic N) is 1. The Balaban J connectivity index is 2.15. The summed E-state index contributed by atoms with van der Waals surface area (Å²) < 4.78 is 0. The zero-order valence-electron chi connectivity index (χ0n) is 11.5. The van der Waals surface area contributed by atoms with Crippen molar-refractivity contribution in [2.45, 2.75) is 32.2 Å². The average molecular weight is 277 g/mol. The molecule has 1 fully saturated rings. The molecule has 0 bridgehead atoms. The summed E-state index contributed by atoms with van der Waals surface area (Å²) >= 11 is 0. The number of nitrogens with two attached hydrogens (primary N) is 1. The summed E-state index contributed by atoms with van der Waals surface area (Å²) in [6.45, 7) is 2.29. The highest BCUT2D eigenvalue weighted by atomic mass is 16.6. The van der Waals surface area contributed by atoms with E-state index in [0.29, 0.717) is 23.6 Å². The first-order valence-electron chi connectivity index (χ1n) is 6.78. The van der Waals surface area contributed by atoms with Crippen molar-refractivity contribution in [3.05, 3.63) is 39.4 Å². The number of aryl methyl sites for hydroxylation is 1. The van der Waals surface area contributed by atoms with Crippen LogP contribution in [0.25, 0.3) is 0 Å². The van der Waals surface area contributed by atoms with Crippen molar-refractivity contribution in [3.63, 3.8) is 0 Å². The number of benzene rings is 1. The Hall–Kier alpha value is -1.95. The summed E-state index contributed by atoms with van der Waals surface area (Å²) in [7, 11) is 0. The van der Waals surface area contributed by atoms with Gasteiger partial charge in [0, 0.05) is 23.7 Å². The average Bonchev–Trinajstić information content (AvgIpc) is 2.85. The van der Waals surface area contributed by atoms with Crippen LogP contribution in [0.3, 0.4) is 0 Å². The molecule has 2 atom stereocenters. The van der Waals surface area contributed by atoms with Gasteiger partial charge >= 0.3 is 0 Å². The molecule has 1 amide bonds. The van der Waals surface area contributed by atoms with Crippen molar-refractivity contribution in [1.29, 1.82) is 0 Å². The first-order valence-corrected chi connectivity index (χ1v) is 6.78. The molecule has 108 valence electrons. The molecule has 0 spiro atoms. The quantitative estimate of drug-likeness (QED) is 0.647. The molecular weight excluding hydrogens is 258 g/mol. The molecule has 1 aromatic carbocycles. The topological polar surface area (TPSA) is 98.3 Å². The van der Waals surface area contributed by atoms with E-state index in [1.165, 1.54) is 12.1 Å². The Morgan fingerprint density at radius 3 is 2.85 bits per heavy atom. The Kier molecular flexibility index (Phi) is 4.34. The number of nitrogens with one attached hydrogen (secondary N) is 1. The second-order valence-electron chi connectivity index (χ2n) is 5.32. The summed E-state index contributed by atoms with van der Waals surface area (Å²) in [4.78, 5) is 22.6. The van der Waals surface area contributed by atoms with Gasteiger partial charge in [-0.3, -0.25) is 14.9 Å². The lowest BCUT2D eigenvalue weighted by molar-refractivity contribution is -0.384. The van der Waals surface area contributed by atoms with E-state index in [-0.39, 0.29) is 17.6 Å². The van der Waals surface area contributed by atoms with E-state index < -0.39 is 4.92 Å². The molecule has 6 nitrogen and oxygen atoms in total. The summed E-state index contributed by atoms with van der Waals surface area (Å²) in [5.74, 6) is 0.0425. The minimum absolute atomic E-state index is 0.0584. The van der Waals surface area contributed by atoms with Gasteiger partial charge in [-0.15, -0.1) is 0 Å². The molecule has 1 saturated carbocycles. The maximum Gasteiger partial charge on any atom is 0.270 e. The van der Waals surface area contributed by atoms with E-state index in [0.717, 1.165) is 19.3 Å². The molecule has 1 aliphatic rings. The largest absolute Gasteiger partial charge is 0.349 e. The SMILES string of the molecule is Cc1cc(C(=O)NC2CCCC2CN)cc([N+](=O)[O-])c1. The first-order chi connectivity index (χ1) is 9.51. The second-order valence-corrected chi connectivity index (χ2v) is 5.32. The van der Waals surface area contributed by atoms with Crippen molar-refractivity contribution >= 4 is 11.6 Å². The Morgan fingerprint density at radius 1 is 1.45 bits per heavy atom. The molecule has 6 heteroatoms. The second kappa shape index (κ2) is 6.00. The summed E-state index contributed by atoms with van der Waals surface area (Å²) in [5, 5.41) is 13.8. The van der Waals surface area contributed by atoms with E-state index in [4.69, 9.17) is 5.73 Å². The molecule has 2 unspecified atom stereocenters. The molecule has 1 aromatic rings. The van der Waals surface area contributed by atoms with Crippen LogP contribution < -0.4 is 11.1 Å². The zero-order valence-corrected chi connectivity index (χ0v) is 11.5. The normalized spacial score (nSPS) is 21.7. The minimum Gasteiger partial charge on any atom is -0.349 e. The predicted octanol–water partition coefficient (Wildman–Crippen LogP) is 1.76. The molecule has 1 aliphatic carbocycles. The van der Waals surface area contributed by atoms with Crippen LogP contribution in [0.15, 0.2) is 18.2 Å². The van der Waals surface area contributed by atoms with Crippen molar-refractivity contribution in [3.8, 4) is 0 Å². The summed E-state index contributed by atoms with van der Waals surface area (Å²) in [6, 6.07) is 4.51. The van der Waals surface area contributed by atoms with Crippen LogP contribution in [-0.4, -0.2) is 23.4 Å². The van der Waals surface area contributed by atoms with Crippen LogP contribution in [0, 0.1) is 23.0 Å². The third-order valence-electron chi connectivity index (χ3n) is 3.81. The van der Waals surface area contributed by atoms with Gasteiger partial charge in [-0.25, -0.2) is 0 Å². The predicted molar refractivity (Wildman–Crippen MR) is 75.5 cm³/mol. The smallest absolute Gasteiger partial charge is 0.270 e. The lowest BCUT2D eigenvalue weighted by Crippen LogP contribution is -2.39. The number of carbonyl (C=O) groups is 1. The van der Waals surface area contributed by atoms with Crippen LogP contribution in [0.1, 0.15) is 35.2 Å². The highest BCUT2D eigenvalue weighted by molar-refractivity contribution is 5.95. The van der Waals surface area contributed by atoms with Gasteiger partial charge in [0.2, 0.25) is 0 Å². The van der Waals surface area contributed by atoms with Crippen LogP contribution in [0.2, 0.25) is 0 Å². The molecule has 0 aliphatic heterocycles. The van der Waals surface area contributed by atoms with Gasteiger partial charge in [-0.05, 0) is 43.9 Å². The van der Waals surface area contributed by atoms with Gasteiger partial charge < -0.3 is 11.1 Å². The Labute approximate surface area is 117 Å². The Bertz CT molecular complexity index is 530. The number of nitro benzene ring substituents is 1. The number of hydrogen-bond donors (Lipinski definition) is 2. The number of nitro groups is 1. The van der Waals surface area contributed by atoms with E-state index in [9.17, 15) is 14.9 Å². The number of rotatable bonds is 4. The van der Waals surface area contributed by atoms with Crippen molar-refractivity contribution < 1.29 is 9.72 Å². The van der Waals surface area contributed by atoms with E-state index in [1.54, 1.807) is 13.0 Å². The molecule has 0 heterocycles. The van der Waals surface area contributed by atoms with Crippen molar-refractivity contribution in [2.75, 3.05) is 6.54 Å². The van der Waals surface area contributed by atoms with Crippen LogP contribution in [-0.2, 0) is 0 Å². The summed E-state index contributed by atoms with van der Waals surface area (Å²) in [5.41, 5.74) is 6.66. The van der Waals surface area contributed by atoms with Gasteiger partial charge in [0.15, 0.2) is 0 Å². The van der Waals surface area contributed by atoms with Gasteiger partial charge in [0.1, 0.15) is 0 Å².